The molecule has 0 aromatic heterocycles. The van der Waals surface area contributed by atoms with Crippen molar-refractivity contribution in [3.05, 3.63) is 58.1 Å². The highest BCUT2D eigenvalue weighted by atomic mass is 35.5. The quantitative estimate of drug-likeness (QED) is 0.824. The average molecular weight is 395 g/mol. The van der Waals surface area contributed by atoms with Crippen LogP contribution in [-0.4, -0.2) is 31.7 Å². The molecule has 0 spiro atoms. The second kappa shape index (κ2) is 7.78. The number of rotatable bonds is 5. The van der Waals surface area contributed by atoms with E-state index < -0.39 is 15.9 Å². The minimum absolute atomic E-state index is 0.0309. The van der Waals surface area contributed by atoms with E-state index in [9.17, 15) is 13.2 Å². The van der Waals surface area contributed by atoms with Crippen molar-refractivity contribution in [3.63, 3.8) is 0 Å². The molecule has 0 aliphatic rings. The zero-order chi connectivity index (χ0) is 19.6. The molecule has 2 rings (SSSR count). The van der Waals surface area contributed by atoms with Gasteiger partial charge in [-0.15, -0.1) is 0 Å². The number of benzene rings is 2. The Kier molecular flexibility index (Phi) is 6.11. The third-order valence-electron chi connectivity index (χ3n) is 4.35. The molecule has 0 atom stereocenters. The largest absolute Gasteiger partial charge is 0.322 e. The van der Waals surface area contributed by atoms with Gasteiger partial charge in [-0.2, -0.15) is 4.31 Å². The zero-order valence-electron chi connectivity index (χ0n) is 15.5. The van der Waals surface area contributed by atoms with Gasteiger partial charge in [-0.05, 0) is 69.2 Å². The van der Waals surface area contributed by atoms with Crippen LogP contribution in [0.2, 0.25) is 5.02 Å². The van der Waals surface area contributed by atoms with Crippen LogP contribution >= 0.6 is 11.6 Å². The van der Waals surface area contributed by atoms with E-state index in [4.69, 9.17) is 11.6 Å². The van der Waals surface area contributed by atoms with Gasteiger partial charge in [0.05, 0.1) is 15.5 Å². The highest BCUT2D eigenvalue weighted by molar-refractivity contribution is 7.89. The monoisotopic (exact) mass is 394 g/mol. The third kappa shape index (κ3) is 4.26. The highest BCUT2D eigenvalue weighted by Gasteiger charge is 2.25. The van der Waals surface area contributed by atoms with E-state index >= 15 is 0 Å². The van der Waals surface area contributed by atoms with Crippen molar-refractivity contribution < 1.29 is 13.2 Å². The molecular weight excluding hydrogens is 372 g/mol. The fourth-order valence-corrected chi connectivity index (χ4v) is 3.90. The summed E-state index contributed by atoms with van der Waals surface area (Å²) < 4.78 is 26.6. The average Bonchev–Trinajstić information content (AvgIpc) is 2.57. The number of anilines is 1. The van der Waals surface area contributed by atoms with E-state index in [1.54, 1.807) is 19.9 Å². The number of hydrogen-bond donors (Lipinski definition) is 1. The standard InChI is InChI=1S/C19H23ClN2O3S/c1-12(2)22(5)26(24,25)16-8-9-18(20)17(11-16)19(23)21-15-7-6-13(3)14(4)10-15/h6-12H,1-5H3,(H,21,23). The Bertz CT molecular complexity index is 940. The van der Waals surface area contributed by atoms with Gasteiger partial charge in [0.1, 0.15) is 0 Å². The van der Waals surface area contributed by atoms with Crippen LogP contribution in [0.3, 0.4) is 0 Å². The van der Waals surface area contributed by atoms with E-state index in [2.05, 4.69) is 5.32 Å². The molecule has 140 valence electrons. The van der Waals surface area contributed by atoms with Crippen LogP contribution in [0.1, 0.15) is 35.3 Å². The van der Waals surface area contributed by atoms with Gasteiger partial charge in [0.15, 0.2) is 0 Å². The fourth-order valence-electron chi connectivity index (χ4n) is 2.30. The van der Waals surface area contributed by atoms with Crippen molar-refractivity contribution in [1.29, 1.82) is 0 Å². The minimum atomic E-state index is -3.70. The highest BCUT2D eigenvalue weighted by Crippen LogP contribution is 2.25. The number of hydrogen-bond acceptors (Lipinski definition) is 3. The number of amides is 1. The van der Waals surface area contributed by atoms with Gasteiger partial charge in [0, 0.05) is 18.8 Å². The predicted molar refractivity (Wildman–Crippen MR) is 105 cm³/mol. The minimum Gasteiger partial charge on any atom is -0.322 e. The van der Waals surface area contributed by atoms with Gasteiger partial charge in [0.2, 0.25) is 10.0 Å². The van der Waals surface area contributed by atoms with E-state index in [1.807, 2.05) is 26.0 Å². The zero-order valence-corrected chi connectivity index (χ0v) is 17.1. The lowest BCUT2D eigenvalue weighted by molar-refractivity contribution is 0.102. The Morgan fingerprint density at radius 3 is 2.31 bits per heavy atom. The molecular formula is C19H23ClN2O3S. The third-order valence-corrected chi connectivity index (χ3v) is 6.71. The SMILES string of the molecule is Cc1ccc(NC(=O)c2cc(S(=O)(=O)N(C)C(C)C)ccc2Cl)cc1C. The van der Waals surface area contributed by atoms with Gasteiger partial charge < -0.3 is 5.32 Å². The number of carbonyl (C=O) groups excluding carboxylic acids is 1. The molecule has 2 aromatic carbocycles. The van der Waals surface area contributed by atoms with E-state index in [0.717, 1.165) is 11.1 Å². The van der Waals surface area contributed by atoms with Crippen molar-refractivity contribution in [3.8, 4) is 0 Å². The van der Waals surface area contributed by atoms with Gasteiger partial charge >= 0.3 is 0 Å². The molecule has 0 saturated carbocycles. The molecule has 0 fully saturated rings. The molecule has 1 amide bonds. The van der Waals surface area contributed by atoms with Crippen LogP contribution in [0.4, 0.5) is 5.69 Å². The molecule has 1 N–H and O–H groups in total. The summed E-state index contributed by atoms with van der Waals surface area (Å²) in [6.07, 6.45) is 0. The van der Waals surface area contributed by atoms with Crippen LogP contribution in [0.25, 0.3) is 0 Å². The number of nitrogens with zero attached hydrogens (tertiary/aromatic N) is 1. The number of aryl methyl sites for hydroxylation is 2. The molecule has 2 aromatic rings. The number of carbonyl (C=O) groups is 1. The van der Waals surface area contributed by atoms with Gasteiger partial charge in [-0.25, -0.2) is 8.42 Å². The molecule has 0 radical (unpaired) electrons. The Morgan fingerprint density at radius 1 is 1.08 bits per heavy atom. The van der Waals surface area contributed by atoms with E-state index in [1.165, 1.54) is 29.6 Å². The molecule has 0 heterocycles. The van der Waals surface area contributed by atoms with Crippen molar-refractivity contribution in [2.45, 2.75) is 38.6 Å². The first-order chi connectivity index (χ1) is 12.0. The molecule has 0 aliphatic heterocycles. The maximum absolute atomic E-state index is 12.7. The van der Waals surface area contributed by atoms with E-state index in [-0.39, 0.29) is 21.5 Å². The molecule has 0 unspecified atom stereocenters. The summed E-state index contributed by atoms with van der Waals surface area (Å²) in [4.78, 5) is 12.6. The second-order valence-corrected chi connectivity index (χ2v) is 8.91. The molecule has 0 aliphatic carbocycles. The van der Waals surface area contributed by atoms with Crippen LogP contribution in [-0.2, 0) is 10.0 Å². The maximum atomic E-state index is 12.7. The molecule has 0 saturated heterocycles. The van der Waals surface area contributed by atoms with Crippen LogP contribution in [0.5, 0.6) is 0 Å². The summed E-state index contributed by atoms with van der Waals surface area (Å²) in [7, 11) is -2.20. The summed E-state index contributed by atoms with van der Waals surface area (Å²) in [5.74, 6) is -0.456. The first-order valence-corrected chi connectivity index (χ1v) is 10.0. The summed E-state index contributed by atoms with van der Waals surface area (Å²) in [6.45, 7) is 7.49. The summed E-state index contributed by atoms with van der Waals surface area (Å²) in [5.41, 5.74) is 2.90. The Morgan fingerprint density at radius 2 is 1.73 bits per heavy atom. The number of nitrogens with one attached hydrogen (secondary N) is 1. The van der Waals surface area contributed by atoms with Crippen molar-refractivity contribution in [2.75, 3.05) is 12.4 Å². The van der Waals surface area contributed by atoms with Crippen LogP contribution in [0, 0.1) is 13.8 Å². The lowest BCUT2D eigenvalue weighted by Gasteiger charge is -2.21. The predicted octanol–water partition coefficient (Wildman–Crippen LogP) is 4.24. The van der Waals surface area contributed by atoms with E-state index in [0.29, 0.717) is 5.69 Å². The normalized spacial score (nSPS) is 11.8. The van der Waals surface area contributed by atoms with Gasteiger partial charge in [-0.3, -0.25) is 4.79 Å². The van der Waals surface area contributed by atoms with Crippen LogP contribution < -0.4 is 5.32 Å². The lowest BCUT2D eigenvalue weighted by Crippen LogP contribution is -2.33. The van der Waals surface area contributed by atoms with Gasteiger partial charge in [0.25, 0.3) is 5.91 Å². The summed E-state index contributed by atoms with van der Waals surface area (Å²) in [5, 5.41) is 2.96. The van der Waals surface area contributed by atoms with Gasteiger partial charge in [-0.1, -0.05) is 17.7 Å². The molecule has 26 heavy (non-hydrogen) atoms. The first-order valence-electron chi connectivity index (χ1n) is 8.20. The topological polar surface area (TPSA) is 66.5 Å². The lowest BCUT2D eigenvalue weighted by atomic mass is 10.1. The van der Waals surface area contributed by atoms with Crippen LogP contribution in [0.15, 0.2) is 41.3 Å². The smallest absolute Gasteiger partial charge is 0.257 e. The van der Waals surface area contributed by atoms with Crippen molar-refractivity contribution in [1.82, 2.24) is 4.31 Å². The molecule has 5 nitrogen and oxygen atoms in total. The summed E-state index contributed by atoms with van der Waals surface area (Å²) in [6, 6.07) is 9.50. The first kappa shape index (κ1) is 20.4. The van der Waals surface area contributed by atoms with Crippen molar-refractivity contribution in [2.24, 2.45) is 0 Å². The molecule has 7 heteroatoms. The Labute approximate surface area is 160 Å². The number of halogens is 1. The van der Waals surface area contributed by atoms with Crippen molar-refractivity contribution >= 4 is 33.2 Å². The summed E-state index contributed by atoms with van der Waals surface area (Å²) >= 11 is 6.14. The Balaban J connectivity index is 2.37. The molecule has 0 bridgehead atoms. The Hall–Kier alpha value is -1.89. The second-order valence-electron chi connectivity index (χ2n) is 6.51. The number of sulfonamides is 1. The maximum Gasteiger partial charge on any atom is 0.257 e. The fraction of sp³-hybridized carbons (Fsp3) is 0.316.